The SMILES string of the molecule is C#CCOc1ccccc1/C=C(\C#N)C(=O)Nc1ccc(O)cc1. The average molecular weight is 318 g/mol. The molecule has 0 aliphatic carbocycles. The van der Waals surface area contributed by atoms with Crippen molar-refractivity contribution in [3.8, 4) is 29.9 Å². The van der Waals surface area contributed by atoms with E-state index >= 15 is 0 Å². The van der Waals surface area contributed by atoms with Crippen LogP contribution >= 0.6 is 0 Å². The zero-order chi connectivity index (χ0) is 17.4. The Kier molecular flexibility index (Phi) is 5.60. The van der Waals surface area contributed by atoms with Crippen LogP contribution in [0.3, 0.4) is 0 Å². The summed E-state index contributed by atoms with van der Waals surface area (Å²) in [7, 11) is 0. The Morgan fingerprint density at radius 1 is 1.25 bits per heavy atom. The molecule has 2 rings (SSSR count). The summed E-state index contributed by atoms with van der Waals surface area (Å²) in [5.74, 6) is 2.38. The van der Waals surface area contributed by atoms with Gasteiger partial charge in [0, 0.05) is 11.3 Å². The molecule has 118 valence electrons. The van der Waals surface area contributed by atoms with Crippen LogP contribution in [0.15, 0.2) is 54.1 Å². The molecular formula is C19H14N2O3. The van der Waals surface area contributed by atoms with Gasteiger partial charge in [-0.25, -0.2) is 0 Å². The van der Waals surface area contributed by atoms with Crippen LogP contribution in [0.1, 0.15) is 5.56 Å². The number of rotatable bonds is 5. The number of terminal acetylenes is 1. The summed E-state index contributed by atoms with van der Waals surface area (Å²) in [4.78, 5) is 12.2. The highest BCUT2D eigenvalue weighted by atomic mass is 16.5. The number of para-hydroxylation sites is 1. The zero-order valence-corrected chi connectivity index (χ0v) is 12.7. The van der Waals surface area contributed by atoms with Gasteiger partial charge in [-0.15, -0.1) is 6.42 Å². The summed E-state index contributed by atoms with van der Waals surface area (Å²) in [6.07, 6.45) is 6.61. The number of phenolic OH excluding ortho intramolecular Hbond substituents is 1. The van der Waals surface area contributed by atoms with Crippen molar-refractivity contribution in [3.05, 3.63) is 59.7 Å². The minimum Gasteiger partial charge on any atom is -0.508 e. The van der Waals surface area contributed by atoms with Crippen molar-refractivity contribution < 1.29 is 14.6 Å². The Bertz CT molecular complexity index is 840. The van der Waals surface area contributed by atoms with Crippen molar-refractivity contribution >= 4 is 17.7 Å². The van der Waals surface area contributed by atoms with Gasteiger partial charge in [-0.05, 0) is 36.4 Å². The molecule has 0 fully saturated rings. The summed E-state index contributed by atoms with van der Waals surface area (Å²) in [6.45, 7) is 0.0897. The van der Waals surface area contributed by atoms with Crippen LogP contribution in [-0.4, -0.2) is 17.6 Å². The molecule has 2 N–H and O–H groups in total. The number of anilines is 1. The number of hydrogen-bond donors (Lipinski definition) is 2. The standard InChI is InChI=1S/C19H14N2O3/c1-2-11-24-18-6-4-3-5-14(18)12-15(13-20)19(23)21-16-7-9-17(22)10-8-16/h1,3-10,12,22H,11H2,(H,21,23)/b15-12+. The summed E-state index contributed by atoms with van der Waals surface area (Å²) >= 11 is 0. The van der Waals surface area contributed by atoms with E-state index in [2.05, 4.69) is 11.2 Å². The largest absolute Gasteiger partial charge is 0.508 e. The lowest BCUT2D eigenvalue weighted by atomic mass is 10.1. The Balaban J connectivity index is 2.23. The van der Waals surface area contributed by atoms with Gasteiger partial charge in [0.1, 0.15) is 29.7 Å². The topological polar surface area (TPSA) is 82.3 Å². The first-order valence-electron chi connectivity index (χ1n) is 7.01. The predicted octanol–water partition coefficient (Wildman–Crippen LogP) is 2.95. The normalized spacial score (nSPS) is 10.3. The highest BCUT2D eigenvalue weighted by Gasteiger charge is 2.11. The molecule has 2 aromatic rings. The first-order valence-corrected chi connectivity index (χ1v) is 7.01. The number of carbonyl (C=O) groups excluding carboxylic acids is 1. The number of ether oxygens (including phenoxy) is 1. The van der Waals surface area contributed by atoms with Crippen molar-refractivity contribution in [2.45, 2.75) is 0 Å². The molecule has 1 amide bonds. The lowest BCUT2D eigenvalue weighted by molar-refractivity contribution is -0.112. The molecular weight excluding hydrogens is 304 g/mol. The zero-order valence-electron chi connectivity index (χ0n) is 12.7. The molecule has 0 saturated heterocycles. The fourth-order valence-corrected chi connectivity index (χ4v) is 1.90. The van der Waals surface area contributed by atoms with Gasteiger partial charge in [-0.1, -0.05) is 24.1 Å². The molecule has 0 bridgehead atoms. The third kappa shape index (κ3) is 4.40. The maximum Gasteiger partial charge on any atom is 0.266 e. The maximum atomic E-state index is 12.2. The third-order valence-electron chi connectivity index (χ3n) is 3.02. The monoisotopic (exact) mass is 318 g/mol. The highest BCUT2D eigenvalue weighted by molar-refractivity contribution is 6.09. The minimum atomic E-state index is -0.560. The number of aromatic hydroxyl groups is 1. The van der Waals surface area contributed by atoms with Crippen molar-refractivity contribution in [1.82, 2.24) is 0 Å². The summed E-state index contributed by atoms with van der Waals surface area (Å²) in [5, 5.41) is 21.1. The molecule has 0 aliphatic heterocycles. The van der Waals surface area contributed by atoms with Crippen molar-refractivity contribution in [3.63, 3.8) is 0 Å². The van der Waals surface area contributed by atoms with Crippen molar-refractivity contribution in [1.29, 1.82) is 5.26 Å². The maximum absolute atomic E-state index is 12.2. The van der Waals surface area contributed by atoms with Gasteiger partial charge >= 0.3 is 0 Å². The predicted molar refractivity (Wildman–Crippen MR) is 91.1 cm³/mol. The van der Waals surface area contributed by atoms with Crippen LogP contribution in [0.25, 0.3) is 6.08 Å². The lowest BCUT2D eigenvalue weighted by Gasteiger charge is -2.07. The molecule has 0 unspecified atom stereocenters. The summed E-state index contributed by atoms with van der Waals surface area (Å²) < 4.78 is 5.39. The van der Waals surface area contributed by atoms with E-state index in [1.807, 2.05) is 6.07 Å². The molecule has 0 aliphatic rings. The van der Waals surface area contributed by atoms with Gasteiger partial charge in [0.15, 0.2) is 0 Å². The number of nitriles is 1. The Hall–Kier alpha value is -3.70. The number of nitrogens with zero attached hydrogens (tertiary/aromatic N) is 1. The van der Waals surface area contributed by atoms with Crippen LogP contribution < -0.4 is 10.1 Å². The first kappa shape index (κ1) is 16.7. The summed E-state index contributed by atoms with van der Waals surface area (Å²) in [6, 6.07) is 14.8. The minimum absolute atomic E-state index is 0.0835. The summed E-state index contributed by atoms with van der Waals surface area (Å²) in [5.41, 5.74) is 0.959. The van der Waals surface area contributed by atoms with E-state index < -0.39 is 5.91 Å². The van der Waals surface area contributed by atoms with Crippen molar-refractivity contribution in [2.24, 2.45) is 0 Å². The van der Waals surface area contributed by atoms with Crippen LogP contribution in [0.2, 0.25) is 0 Å². The van der Waals surface area contributed by atoms with Gasteiger partial charge in [-0.2, -0.15) is 5.26 Å². The van der Waals surface area contributed by atoms with E-state index in [-0.39, 0.29) is 17.9 Å². The Morgan fingerprint density at radius 2 is 1.96 bits per heavy atom. The molecule has 0 aromatic heterocycles. The van der Waals surface area contributed by atoms with Crippen LogP contribution in [0, 0.1) is 23.7 Å². The number of hydrogen-bond acceptors (Lipinski definition) is 4. The smallest absolute Gasteiger partial charge is 0.266 e. The van der Waals surface area contributed by atoms with E-state index in [0.717, 1.165) is 0 Å². The first-order chi connectivity index (χ1) is 11.6. The highest BCUT2D eigenvalue weighted by Crippen LogP contribution is 2.21. The van der Waals surface area contributed by atoms with E-state index in [9.17, 15) is 15.2 Å². The van der Waals surface area contributed by atoms with Gasteiger partial charge < -0.3 is 15.2 Å². The lowest BCUT2D eigenvalue weighted by Crippen LogP contribution is -2.13. The molecule has 0 radical (unpaired) electrons. The van der Waals surface area contributed by atoms with Gasteiger partial charge in [0.25, 0.3) is 5.91 Å². The van der Waals surface area contributed by atoms with E-state index in [1.165, 1.54) is 30.3 Å². The number of benzene rings is 2. The van der Waals surface area contributed by atoms with E-state index in [0.29, 0.717) is 17.0 Å². The molecule has 0 atom stereocenters. The molecule has 5 heteroatoms. The van der Waals surface area contributed by atoms with Crippen LogP contribution in [-0.2, 0) is 4.79 Å². The second-order valence-corrected chi connectivity index (χ2v) is 4.70. The van der Waals surface area contributed by atoms with Gasteiger partial charge in [0.2, 0.25) is 0 Å². The molecule has 5 nitrogen and oxygen atoms in total. The average Bonchev–Trinajstić information content (AvgIpc) is 2.60. The van der Waals surface area contributed by atoms with Gasteiger partial charge in [0.05, 0.1) is 0 Å². The van der Waals surface area contributed by atoms with E-state index in [1.54, 1.807) is 24.3 Å². The van der Waals surface area contributed by atoms with Crippen molar-refractivity contribution in [2.75, 3.05) is 11.9 Å². The quantitative estimate of drug-likeness (QED) is 0.384. The Labute approximate surface area is 139 Å². The number of amides is 1. The van der Waals surface area contributed by atoms with Crippen LogP contribution in [0.4, 0.5) is 5.69 Å². The molecule has 2 aromatic carbocycles. The van der Waals surface area contributed by atoms with E-state index in [4.69, 9.17) is 11.2 Å². The van der Waals surface area contributed by atoms with Gasteiger partial charge in [-0.3, -0.25) is 4.79 Å². The fraction of sp³-hybridized carbons (Fsp3) is 0.0526. The second kappa shape index (κ2) is 8.07. The molecule has 0 saturated carbocycles. The number of nitrogens with one attached hydrogen (secondary N) is 1. The molecule has 0 heterocycles. The number of carbonyl (C=O) groups is 1. The Morgan fingerprint density at radius 3 is 2.62 bits per heavy atom. The third-order valence-corrected chi connectivity index (χ3v) is 3.02. The molecule has 24 heavy (non-hydrogen) atoms. The van der Waals surface area contributed by atoms with Crippen LogP contribution in [0.5, 0.6) is 11.5 Å². The molecule has 0 spiro atoms. The number of phenols is 1. The second-order valence-electron chi connectivity index (χ2n) is 4.70. The fourth-order valence-electron chi connectivity index (χ4n) is 1.90.